The molecule has 1 aliphatic rings. The zero-order chi connectivity index (χ0) is 15.3. The van der Waals surface area contributed by atoms with Gasteiger partial charge in [0.2, 0.25) is 0 Å². The van der Waals surface area contributed by atoms with E-state index in [1.165, 1.54) is 6.92 Å². The topological polar surface area (TPSA) is 66.3 Å². The monoisotopic (exact) mass is 275 g/mol. The maximum absolute atomic E-state index is 12.5. The van der Waals surface area contributed by atoms with Crippen LogP contribution in [0, 0.1) is 5.21 Å². The molecular weight excluding hydrogens is 256 g/mol. The Kier molecular flexibility index (Phi) is 3.13. The molecule has 0 aliphatic carbocycles. The minimum atomic E-state index is -0.851. The average molecular weight is 275 g/mol. The molecule has 107 valence electrons. The Labute approximate surface area is 118 Å². The molecule has 0 saturated carbocycles. The number of amidine groups is 1. The summed E-state index contributed by atoms with van der Waals surface area (Å²) in [6.45, 7) is 8.43. The van der Waals surface area contributed by atoms with E-state index < -0.39 is 11.1 Å². The molecule has 1 aromatic rings. The lowest BCUT2D eigenvalue weighted by Crippen LogP contribution is -2.53. The summed E-state index contributed by atoms with van der Waals surface area (Å²) in [5.74, 6) is -0.0398. The van der Waals surface area contributed by atoms with Gasteiger partial charge in [-0.05, 0) is 46.8 Å². The molecule has 1 heterocycles. The summed E-state index contributed by atoms with van der Waals surface area (Å²) in [5, 5.41) is 25.7. The lowest BCUT2D eigenvalue weighted by atomic mass is 9.84. The average Bonchev–Trinajstić information content (AvgIpc) is 2.49. The molecule has 0 atom stereocenters. The van der Waals surface area contributed by atoms with Gasteiger partial charge in [-0.25, -0.2) is 0 Å². The Hall–Kier alpha value is -1.88. The largest absolute Gasteiger partial charge is 0.714 e. The molecule has 0 unspecified atom stereocenters. The quantitative estimate of drug-likeness (QED) is 0.473. The lowest BCUT2D eigenvalue weighted by Gasteiger charge is -2.32. The van der Waals surface area contributed by atoms with Crippen molar-refractivity contribution in [1.29, 1.82) is 0 Å². The number of rotatable bonds is 2. The highest BCUT2D eigenvalue weighted by atomic mass is 16.5. The van der Waals surface area contributed by atoms with E-state index in [1.54, 1.807) is 52.0 Å². The first-order valence-corrected chi connectivity index (χ1v) is 6.54. The number of Topliss-reactive ketones (excluding diaryl/α,β-unsaturated/α-hetero) is 1. The van der Waals surface area contributed by atoms with Crippen LogP contribution in [0.2, 0.25) is 0 Å². The number of benzene rings is 1. The van der Waals surface area contributed by atoms with Crippen LogP contribution in [0.3, 0.4) is 0 Å². The third kappa shape index (κ3) is 1.81. The minimum Gasteiger partial charge on any atom is -0.714 e. The predicted molar refractivity (Wildman–Crippen MR) is 74.9 cm³/mol. The van der Waals surface area contributed by atoms with Gasteiger partial charge >= 0.3 is 5.84 Å². The van der Waals surface area contributed by atoms with Crippen LogP contribution in [-0.4, -0.2) is 32.5 Å². The predicted octanol–water partition coefficient (Wildman–Crippen LogP) is 2.36. The number of carbonyl (C=O) groups is 1. The number of ketones is 1. The van der Waals surface area contributed by atoms with Gasteiger partial charge in [-0.15, -0.1) is 0 Å². The fraction of sp³-hybridized carbons (Fsp3) is 0.467. The lowest BCUT2D eigenvalue weighted by molar-refractivity contribution is -0.539. The Bertz CT molecular complexity index is 603. The molecule has 5 heteroatoms. The first-order valence-electron chi connectivity index (χ1n) is 6.54. The number of hydroxylamine groups is 3. The normalized spacial score (nSPS) is 20.4. The minimum absolute atomic E-state index is 0.0584. The Balaban J connectivity index is 2.61. The first-order chi connectivity index (χ1) is 9.10. The van der Waals surface area contributed by atoms with Crippen molar-refractivity contribution >= 4 is 11.6 Å². The summed E-state index contributed by atoms with van der Waals surface area (Å²) in [5.41, 5.74) is -0.743. The second-order valence-corrected chi connectivity index (χ2v) is 6.17. The summed E-state index contributed by atoms with van der Waals surface area (Å²) in [4.78, 5) is 11.4. The van der Waals surface area contributed by atoms with Gasteiger partial charge in [0.05, 0.1) is 5.56 Å². The molecule has 1 radical (unpaired) electrons. The second-order valence-electron chi connectivity index (χ2n) is 6.17. The molecule has 0 N–H and O–H groups in total. The SMILES string of the molecule is CC(=O)c1cccc(C2=[N+]([O-])C(C)(C)C(C)(C)N2[O])c1. The highest BCUT2D eigenvalue weighted by molar-refractivity contribution is 6.00. The molecule has 0 spiro atoms. The van der Waals surface area contributed by atoms with Gasteiger partial charge in [0.1, 0.15) is 5.54 Å². The van der Waals surface area contributed by atoms with E-state index in [0.29, 0.717) is 11.1 Å². The standard InChI is InChI=1S/C15H19N2O3/c1-10(18)11-7-6-8-12(9-11)13-16(19)14(2,3)15(4,5)17(13)20/h6-9H,1-5H3. The summed E-state index contributed by atoms with van der Waals surface area (Å²) < 4.78 is 0.749. The fourth-order valence-corrected chi connectivity index (χ4v) is 2.22. The maximum Gasteiger partial charge on any atom is 0.316 e. The van der Waals surface area contributed by atoms with Crippen LogP contribution in [-0.2, 0) is 5.21 Å². The molecule has 0 amide bonds. The Morgan fingerprint density at radius 3 is 2.30 bits per heavy atom. The zero-order valence-corrected chi connectivity index (χ0v) is 12.4. The van der Waals surface area contributed by atoms with E-state index in [0.717, 1.165) is 9.80 Å². The second kappa shape index (κ2) is 4.31. The Morgan fingerprint density at radius 2 is 1.85 bits per heavy atom. The molecule has 1 aliphatic heterocycles. The van der Waals surface area contributed by atoms with E-state index >= 15 is 0 Å². The van der Waals surface area contributed by atoms with E-state index in [1.807, 2.05) is 0 Å². The molecule has 0 bridgehead atoms. The van der Waals surface area contributed by atoms with Crippen molar-refractivity contribution in [1.82, 2.24) is 5.06 Å². The highest BCUT2D eigenvalue weighted by Gasteiger charge is 2.59. The third-order valence-corrected chi connectivity index (χ3v) is 4.42. The van der Waals surface area contributed by atoms with Crippen LogP contribution in [0.5, 0.6) is 0 Å². The van der Waals surface area contributed by atoms with Crippen molar-refractivity contribution in [2.45, 2.75) is 45.7 Å². The van der Waals surface area contributed by atoms with Crippen LogP contribution in [0.25, 0.3) is 0 Å². The van der Waals surface area contributed by atoms with Crippen LogP contribution in [0.1, 0.15) is 50.5 Å². The van der Waals surface area contributed by atoms with Crippen molar-refractivity contribution in [2.75, 3.05) is 0 Å². The van der Waals surface area contributed by atoms with Gasteiger partial charge < -0.3 is 5.21 Å². The maximum atomic E-state index is 12.5. The van der Waals surface area contributed by atoms with Gasteiger partial charge in [0, 0.05) is 10.8 Å². The zero-order valence-electron chi connectivity index (χ0n) is 12.4. The van der Waals surface area contributed by atoms with Gasteiger partial charge in [-0.2, -0.15) is 0 Å². The molecular formula is C15H19N2O3. The third-order valence-electron chi connectivity index (χ3n) is 4.42. The smallest absolute Gasteiger partial charge is 0.316 e. The molecule has 0 saturated heterocycles. The van der Waals surface area contributed by atoms with Crippen molar-refractivity contribution in [3.63, 3.8) is 0 Å². The summed E-state index contributed by atoms with van der Waals surface area (Å²) in [6.07, 6.45) is 0. The highest BCUT2D eigenvalue weighted by Crippen LogP contribution is 2.37. The Morgan fingerprint density at radius 1 is 1.25 bits per heavy atom. The molecule has 0 fully saturated rings. The van der Waals surface area contributed by atoms with Gasteiger partial charge in [-0.1, -0.05) is 17.2 Å². The first kappa shape index (κ1) is 14.5. The van der Waals surface area contributed by atoms with E-state index in [2.05, 4.69) is 0 Å². The van der Waals surface area contributed by atoms with Crippen LogP contribution >= 0.6 is 0 Å². The van der Waals surface area contributed by atoms with Gasteiger partial charge in [0.15, 0.2) is 11.3 Å². The van der Waals surface area contributed by atoms with E-state index in [4.69, 9.17) is 0 Å². The summed E-state index contributed by atoms with van der Waals surface area (Å²) >= 11 is 0. The van der Waals surface area contributed by atoms with Gasteiger partial charge in [0.25, 0.3) is 0 Å². The number of carbonyl (C=O) groups excluding carboxylic acids is 1. The molecule has 5 nitrogen and oxygen atoms in total. The number of nitrogens with zero attached hydrogens (tertiary/aromatic N) is 2. The number of hydrogen-bond donors (Lipinski definition) is 0. The molecule has 1 aromatic carbocycles. The van der Waals surface area contributed by atoms with Crippen molar-refractivity contribution < 1.29 is 14.7 Å². The summed E-state index contributed by atoms with van der Waals surface area (Å²) in [7, 11) is 0. The van der Waals surface area contributed by atoms with E-state index in [9.17, 15) is 15.2 Å². The van der Waals surface area contributed by atoms with Crippen molar-refractivity contribution in [2.24, 2.45) is 0 Å². The van der Waals surface area contributed by atoms with Crippen LogP contribution < -0.4 is 0 Å². The van der Waals surface area contributed by atoms with Crippen LogP contribution in [0.15, 0.2) is 24.3 Å². The van der Waals surface area contributed by atoms with Gasteiger partial charge in [-0.3, -0.25) is 9.53 Å². The molecule has 0 aromatic heterocycles. The van der Waals surface area contributed by atoms with Crippen LogP contribution in [0.4, 0.5) is 0 Å². The van der Waals surface area contributed by atoms with Crippen molar-refractivity contribution in [3.8, 4) is 0 Å². The molecule has 20 heavy (non-hydrogen) atoms. The fourth-order valence-electron chi connectivity index (χ4n) is 2.22. The molecule has 2 rings (SSSR count). The number of hydrogen-bond acceptors (Lipinski definition) is 3. The van der Waals surface area contributed by atoms with E-state index in [-0.39, 0.29) is 11.6 Å². The van der Waals surface area contributed by atoms with Crippen molar-refractivity contribution in [3.05, 3.63) is 40.6 Å². The summed E-state index contributed by atoms with van der Waals surface area (Å²) in [6, 6.07) is 6.61.